The lowest BCUT2D eigenvalue weighted by molar-refractivity contribution is -0.130. The van der Waals surface area contributed by atoms with Crippen molar-refractivity contribution in [2.45, 2.75) is 19.4 Å². The van der Waals surface area contributed by atoms with Gasteiger partial charge in [-0.25, -0.2) is 0 Å². The van der Waals surface area contributed by atoms with E-state index >= 15 is 0 Å². The molecule has 1 rings (SSSR count). The van der Waals surface area contributed by atoms with E-state index in [1.165, 1.54) is 0 Å². The van der Waals surface area contributed by atoms with E-state index in [0.717, 1.165) is 11.3 Å². The summed E-state index contributed by atoms with van der Waals surface area (Å²) in [6, 6.07) is 7.75. The number of thioether (sulfide) groups is 1. The summed E-state index contributed by atoms with van der Waals surface area (Å²) in [7, 11) is 1.86. The highest BCUT2D eigenvalue weighted by Gasteiger charge is 2.15. The molecule has 3 nitrogen and oxygen atoms in total. The van der Waals surface area contributed by atoms with Crippen molar-refractivity contribution >= 4 is 23.4 Å². The van der Waals surface area contributed by atoms with Crippen molar-refractivity contribution in [3.05, 3.63) is 29.8 Å². The SMILES string of the molecule is CSCC(C)N(C)C(=O)Cc1cccc(N)c1. The van der Waals surface area contributed by atoms with Crippen LogP contribution < -0.4 is 5.73 Å². The van der Waals surface area contributed by atoms with E-state index in [-0.39, 0.29) is 11.9 Å². The Labute approximate surface area is 107 Å². The van der Waals surface area contributed by atoms with Crippen LogP contribution in [0.4, 0.5) is 5.69 Å². The van der Waals surface area contributed by atoms with Crippen molar-refractivity contribution in [2.24, 2.45) is 0 Å². The van der Waals surface area contributed by atoms with Crippen LogP contribution in [0.3, 0.4) is 0 Å². The topological polar surface area (TPSA) is 46.3 Å². The first-order chi connectivity index (χ1) is 8.04. The molecule has 0 spiro atoms. The molecule has 17 heavy (non-hydrogen) atoms. The molecule has 1 amide bonds. The molecule has 0 aliphatic carbocycles. The van der Waals surface area contributed by atoms with E-state index < -0.39 is 0 Å². The second-order valence-electron chi connectivity index (χ2n) is 4.23. The molecule has 0 aliphatic rings. The fraction of sp³-hybridized carbons (Fsp3) is 0.462. The normalized spacial score (nSPS) is 12.2. The number of rotatable bonds is 5. The molecule has 1 aromatic carbocycles. The van der Waals surface area contributed by atoms with Gasteiger partial charge in [-0.3, -0.25) is 4.79 Å². The molecule has 1 atom stereocenters. The van der Waals surface area contributed by atoms with E-state index in [9.17, 15) is 4.79 Å². The molecular weight excluding hydrogens is 232 g/mol. The number of nitrogen functional groups attached to an aromatic ring is 1. The molecule has 94 valence electrons. The second kappa shape index (κ2) is 6.55. The largest absolute Gasteiger partial charge is 0.399 e. The third-order valence-corrected chi connectivity index (χ3v) is 3.58. The van der Waals surface area contributed by atoms with Gasteiger partial charge >= 0.3 is 0 Å². The van der Waals surface area contributed by atoms with Gasteiger partial charge in [0.25, 0.3) is 0 Å². The molecule has 0 fully saturated rings. The monoisotopic (exact) mass is 252 g/mol. The third-order valence-electron chi connectivity index (χ3n) is 2.77. The first-order valence-corrected chi connectivity index (χ1v) is 7.03. The van der Waals surface area contributed by atoms with E-state index in [1.54, 1.807) is 16.7 Å². The number of nitrogens with two attached hydrogens (primary N) is 1. The number of hydrogen-bond acceptors (Lipinski definition) is 3. The number of carbonyl (C=O) groups excluding carboxylic acids is 1. The van der Waals surface area contributed by atoms with E-state index in [1.807, 2.05) is 37.6 Å². The van der Waals surface area contributed by atoms with Gasteiger partial charge in [-0.1, -0.05) is 12.1 Å². The molecule has 2 N–H and O–H groups in total. The van der Waals surface area contributed by atoms with Gasteiger partial charge in [-0.2, -0.15) is 11.8 Å². The number of hydrogen-bond donors (Lipinski definition) is 1. The van der Waals surface area contributed by atoms with Gasteiger partial charge in [0.15, 0.2) is 0 Å². The molecule has 1 unspecified atom stereocenters. The maximum absolute atomic E-state index is 12.0. The highest BCUT2D eigenvalue weighted by molar-refractivity contribution is 7.98. The highest BCUT2D eigenvalue weighted by atomic mass is 32.2. The zero-order valence-electron chi connectivity index (χ0n) is 10.6. The third kappa shape index (κ3) is 4.30. The van der Waals surface area contributed by atoms with Crippen LogP contribution in [-0.2, 0) is 11.2 Å². The number of anilines is 1. The zero-order valence-corrected chi connectivity index (χ0v) is 11.5. The number of amides is 1. The van der Waals surface area contributed by atoms with E-state index in [2.05, 4.69) is 6.92 Å². The second-order valence-corrected chi connectivity index (χ2v) is 5.14. The summed E-state index contributed by atoms with van der Waals surface area (Å²) in [4.78, 5) is 13.8. The number of carbonyl (C=O) groups is 1. The van der Waals surface area contributed by atoms with Crippen LogP contribution >= 0.6 is 11.8 Å². The van der Waals surface area contributed by atoms with E-state index in [0.29, 0.717) is 12.1 Å². The molecule has 1 aromatic rings. The van der Waals surface area contributed by atoms with Gasteiger partial charge in [-0.15, -0.1) is 0 Å². The average Bonchev–Trinajstić information content (AvgIpc) is 2.28. The fourth-order valence-electron chi connectivity index (χ4n) is 1.60. The maximum atomic E-state index is 12.0. The van der Waals surface area contributed by atoms with Crippen LogP contribution in [0, 0.1) is 0 Å². The molecule has 0 aromatic heterocycles. The Morgan fingerprint density at radius 1 is 1.53 bits per heavy atom. The Kier molecular flexibility index (Phi) is 5.35. The van der Waals surface area contributed by atoms with Gasteiger partial charge in [0.2, 0.25) is 5.91 Å². The molecule has 0 bridgehead atoms. The molecule has 0 radical (unpaired) electrons. The molecule has 0 heterocycles. The first-order valence-electron chi connectivity index (χ1n) is 5.63. The van der Waals surface area contributed by atoms with Crippen molar-refractivity contribution < 1.29 is 4.79 Å². The number of likely N-dealkylation sites (N-methyl/N-ethyl adjacent to an activating group) is 1. The van der Waals surface area contributed by atoms with Gasteiger partial charge in [0.1, 0.15) is 0 Å². The first kappa shape index (κ1) is 13.9. The minimum atomic E-state index is 0.136. The van der Waals surface area contributed by atoms with Gasteiger partial charge in [0, 0.05) is 24.5 Å². The Hall–Kier alpha value is -1.16. The van der Waals surface area contributed by atoms with Crippen LogP contribution in [0.25, 0.3) is 0 Å². The van der Waals surface area contributed by atoms with Crippen molar-refractivity contribution in [3.63, 3.8) is 0 Å². The quantitative estimate of drug-likeness (QED) is 0.816. The molecule has 4 heteroatoms. The van der Waals surface area contributed by atoms with Crippen LogP contribution in [0.1, 0.15) is 12.5 Å². The smallest absolute Gasteiger partial charge is 0.227 e. The van der Waals surface area contributed by atoms with Crippen LogP contribution in [0.2, 0.25) is 0 Å². The van der Waals surface area contributed by atoms with Gasteiger partial charge < -0.3 is 10.6 Å². The Balaban J connectivity index is 2.60. The standard InChI is InChI=1S/C13H20N2OS/c1-10(9-17-3)15(2)13(16)8-11-5-4-6-12(14)7-11/h4-7,10H,8-9,14H2,1-3H3. The van der Waals surface area contributed by atoms with Crippen molar-refractivity contribution in [2.75, 3.05) is 24.8 Å². The van der Waals surface area contributed by atoms with Gasteiger partial charge in [0.05, 0.1) is 6.42 Å². The lowest BCUT2D eigenvalue weighted by atomic mass is 10.1. The minimum absolute atomic E-state index is 0.136. The summed E-state index contributed by atoms with van der Waals surface area (Å²) in [5.41, 5.74) is 7.36. The Morgan fingerprint density at radius 3 is 2.82 bits per heavy atom. The Morgan fingerprint density at radius 2 is 2.24 bits per heavy atom. The predicted molar refractivity (Wildman–Crippen MR) is 75.2 cm³/mol. The summed E-state index contributed by atoms with van der Waals surface area (Å²) in [5, 5.41) is 0. The maximum Gasteiger partial charge on any atom is 0.227 e. The minimum Gasteiger partial charge on any atom is -0.399 e. The van der Waals surface area contributed by atoms with Crippen molar-refractivity contribution in [1.82, 2.24) is 4.90 Å². The van der Waals surface area contributed by atoms with Crippen molar-refractivity contribution in [3.8, 4) is 0 Å². The van der Waals surface area contributed by atoms with E-state index in [4.69, 9.17) is 5.73 Å². The van der Waals surface area contributed by atoms with Gasteiger partial charge in [-0.05, 0) is 30.9 Å². The highest BCUT2D eigenvalue weighted by Crippen LogP contribution is 2.10. The number of benzene rings is 1. The van der Waals surface area contributed by atoms with Crippen LogP contribution in [-0.4, -0.2) is 35.9 Å². The lowest BCUT2D eigenvalue weighted by Gasteiger charge is -2.24. The predicted octanol–water partition coefficient (Wildman–Crippen LogP) is 2.02. The van der Waals surface area contributed by atoms with Crippen LogP contribution in [0.15, 0.2) is 24.3 Å². The summed E-state index contributed by atoms with van der Waals surface area (Å²) < 4.78 is 0. The lowest BCUT2D eigenvalue weighted by Crippen LogP contribution is -2.37. The number of nitrogens with zero attached hydrogens (tertiary/aromatic N) is 1. The summed E-state index contributed by atoms with van der Waals surface area (Å²) in [6.07, 6.45) is 2.47. The van der Waals surface area contributed by atoms with Crippen LogP contribution in [0.5, 0.6) is 0 Å². The molecule has 0 saturated carbocycles. The summed E-state index contributed by atoms with van der Waals surface area (Å²) in [6.45, 7) is 2.06. The Bertz CT molecular complexity index is 381. The molecule has 0 saturated heterocycles. The molecular formula is C13H20N2OS. The molecule has 0 aliphatic heterocycles. The fourth-order valence-corrected chi connectivity index (χ4v) is 2.31. The zero-order chi connectivity index (χ0) is 12.8. The summed E-state index contributed by atoms with van der Waals surface area (Å²) in [5.74, 6) is 1.09. The van der Waals surface area contributed by atoms with Crippen molar-refractivity contribution in [1.29, 1.82) is 0 Å². The average molecular weight is 252 g/mol. The summed E-state index contributed by atoms with van der Waals surface area (Å²) >= 11 is 1.75.